The maximum Gasteiger partial charge on any atom is 0.163 e. The van der Waals surface area contributed by atoms with Crippen LogP contribution >= 0.6 is 0 Å². The summed E-state index contributed by atoms with van der Waals surface area (Å²) >= 11 is 0. The Morgan fingerprint density at radius 3 is 1.82 bits per heavy atom. The number of hydrogen-bond acceptors (Lipinski definition) is 11. The monoisotopic (exact) mass is 642 g/mol. The Balaban J connectivity index is 1.74. The molecule has 0 radical (unpaired) electrons. The van der Waals surface area contributed by atoms with Gasteiger partial charge in [-0.05, 0) is 37.3 Å². The van der Waals surface area contributed by atoms with E-state index >= 15 is 0 Å². The Hall–Kier alpha value is -7.15. The van der Waals surface area contributed by atoms with Gasteiger partial charge in [0.05, 0.1) is 23.0 Å². The fourth-order valence-electron chi connectivity index (χ4n) is 5.49. The summed E-state index contributed by atoms with van der Waals surface area (Å²) in [7, 11) is 0. The molecule has 13 nitrogen and oxygen atoms in total. The number of amidine groups is 2. The normalized spacial score (nSPS) is 12.0. The summed E-state index contributed by atoms with van der Waals surface area (Å²) in [5.41, 5.74) is 11.0. The second kappa shape index (κ2) is 13.3. The molecule has 0 spiro atoms. The van der Waals surface area contributed by atoms with Crippen LogP contribution in [-0.2, 0) is 0 Å². The zero-order chi connectivity index (χ0) is 33.7. The second-order valence-electron chi connectivity index (χ2n) is 10.4. The Morgan fingerprint density at radius 2 is 1.29 bits per heavy atom. The van der Waals surface area contributed by atoms with Gasteiger partial charge in [-0.2, -0.15) is 0 Å². The highest BCUT2D eigenvalue weighted by Crippen LogP contribution is 2.47. The Labute approximate surface area is 279 Å². The van der Waals surface area contributed by atoms with Gasteiger partial charge >= 0.3 is 0 Å². The van der Waals surface area contributed by atoms with E-state index in [9.17, 15) is 0 Å². The molecule has 7 rings (SSSR count). The van der Waals surface area contributed by atoms with Crippen LogP contribution in [0.15, 0.2) is 125 Å². The van der Waals surface area contributed by atoms with E-state index in [0.29, 0.717) is 78.5 Å². The molecule has 0 saturated carbocycles. The van der Waals surface area contributed by atoms with E-state index in [1.165, 1.54) is 12.3 Å². The number of furan rings is 1. The van der Waals surface area contributed by atoms with Crippen molar-refractivity contribution in [2.75, 3.05) is 0 Å². The minimum Gasteiger partial charge on any atom is -0.454 e. The lowest BCUT2D eigenvalue weighted by atomic mass is 9.91. The summed E-state index contributed by atoms with van der Waals surface area (Å²) in [5.74, 6) is 1.18. The number of rotatable bonds is 8. The molecule has 3 N–H and O–H groups in total. The van der Waals surface area contributed by atoms with Crippen LogP contribution in [0.5, 0.6) is 0 Å². The van der Waals surface area contributed by atoms with Crippen molar-refractivity contribution in [3.8, 4) is 45.4 Å². The molecule has 0 amide bonds. The fraction of sp³-hybridized carbons (Fsp3) is 0.0278. The molecule has 0 unspecified atom stereocenters. The van der Waals surface area contributed by atoms with Crippen LogP contribution in [0.1, 0.15) is 18.1 Å². The minimum atomic E-state index is -0.0621. The fourth-order valence-corrected chi connectivity index (χ4v) is 5.49. The number of nitrogens with two attached hydrogens (primary N) is 1. The summed E-state index contributed by atoms with van der Waals surface area (Å²) in [5, 5.41) is 10.3. The highest BCUT2D eigenvalue weighted by molar-refractivity contribution is 6.23. The van der Waals surface area contributed by atoms with Crippen molar-refractivity contribution in [3.05, 3.63) is 122 Å². The molecule has 5 aromatic heterocycles. The standard InChI is InChI=1S/C36H26N12O/c1-3-8-41-32(37)23-18-21-22-19-24(33(38)42-9-4-2)27(34-43-10-5-11-44-34)29(36-47-14-7-15-48-36)31(22)49-30(21)28(35-45-12-6-13-46-35)26(23)25-20-39-16-17-40-25/h3-20,38H,2H2,1H3,(H2,37,41)/b8-3-,38-33?,42-9?. The molecule has 0 aliphatic carbocycles. The van der Waals surface area contributed by atoms with Gasteiger partial charge in [0.15, 0.2) is 23.3 Å². The summed E-state index contributed by atoms with van der Waals surface area (Å²) in [6.45, 7) is 5.57. The molecule has 2 aromatic carbocycles. The van der Waals surface area contributed by atoms with Gasteiger partial charge in [-0.1, -0.05) is 18.7 Å². The lowest BCUT2D eigenvalue weighted by Gasteiger charge is -2.14. The maximum atomic E-state index is 9.07. The molecular formula is C36H26N12O. The third-order valence-electron chi connectivity index (χ3n) is 7.44. The molecule has 0 atom stereocenters. The first kappa shape index (κ1) is 30.5. The molecule has 7 aromatic rings. The van der Waals surface area contributed by atoms with Gasteiger partial charge < -0.3 is 10.2 Å². The van der Waals surface area contributed by atoms with Crippen molar-refractivity contribution >= 4 is 39.8 Å². The first-order chi connectivity index (χ1) is 24.1. The molecule has 0 bridgehead atoms. The van der Waals surface area contributed by atoms with E-state index in [4.69, 9.17) is 15.6 Å². The topological polar surface area (TPSA) is 191 Å². The van der Waals surface area contributed by atoms with Gasteiger partial charge in [-0.15, -0.1) is 0 Å². The smallest absolute Gasteiger partial charge is 0.163 e. The van der Waals surface area contributed by atoms with Gasteiger partial charge in [0, 0.05) is 95.0 Å². The summed E-state index contributed by atoms with van der Waals surface area (Å²) in [6.07, 6.45) is 21.0. The molecule has 13 heteroatoms. The average molecular weight is 643 g/mol. The largest absolute Gasteiger partial charge is 0.454 e. The van der Waals surface area contributed by atoms with Gasteiger partial charge in [-0.25, -0.2) is 39.9 Å². The highest BCUT2D eigenvalue weighted by atomic mass is 16.3. The van der Waals surface area contributed by atoms with Crippen LogP contribution in [0, 0.1) is 5.41 Å². The SMILES string of the molecule is C=CC=NC(=N)c1cc2c(oc3c(-c4ncccn4)c(-c4cnccn4)c(C(N)=N/C=C\C)cc32)c(-c2ncccn2)c1-c1ncccn1. The second-order valence-corrected chi connectivity index (χ2v) is 10.4. The number of nitrogens with zero attached hydrogens (tertiary/aromatic N) is 10. The first-order valence-electron chi connectivity index (χ1n) is 15.0. The lowest BCUT2D eigenvalue weighted by molar-refractivity contribution is 0.670. The van der Waals surface area contributed by atoms with Crippen LogP contribution in [-0.4, -0.2) is 57.8 Å². The Morgan fingerprint density at radius 1 is 0.735 bits per heavy atom. The predicted molar refractivity (Wildman–Crippen MR) is 189 cm³/mol. The van der Waals surface area contributed by atoms with E-state index in [1.54, 1.807) is 86.2 Å². The number of fused-ring (bicyclic) bond motifs is 3. The predicted octanol–water partition coefficient (Wildman–Crippen LogP) is 6.24. The third kappa shape index (κ3) is 5.61. The number of benzene rings is 2. The van der Waals surface area contributed by atoms with Crippen LogP contribution in [0.2, 0.25) is 0 Å². The van der Waals surface area contributed by atoms with E-state index in [2.05, 4.69) is 56.4 Å². The van der Waals surface area contributed by atoms with Crippen molar-refractivity contribution in [1.29, 1.82) is 5.41 Å². The average Bonchev–Trinajstić information content (AvgIpc) is 3.53. The highest BCUT2D eigenvalue weighted by Gasteiger charge is 2.30. The Kier molecular flexibility index (Phi) is 8.28. The van der Waals surface area contributed by atoms with E-state index in [0.717, 1.165) is 0 Å². The van der Waals surface area contributed by atoms with Gasteiger partial charge in [0.25, 0.3) is 0 Å². The summed E-state index contributed by atoms with van der Waals surface area (Å²) in [6, 6.07) is 8.86. The van der Waals surface area contributed by atoms with E-state index in [-0.39, 0.29) is 11.7 Å². The van der Waals surface area contributed by atoms with Crippen molar-refractivity contribution in [3.63, 3.8) is 0 Å². The van der Waals surface area contributed by atoms with Gasteiger partial charge in [-0.3, -0.25) is 15.4 Å². The van der Waals surface area contributed by atoms with Crippen molar-refractivity contribution in [2.45, 2.75) is 6.92 Å². The number of aliphatic imine (C=N–C) groups is 2. The third-order valence-corrected chi connectivity index (χ3v) is 7.44. The zero-order valence-corrected chi connectivity index (χ0v) is 26.1. The number of hydrogen-bond donors (Lipinski definition) is 2. The van der Waals surface area contributed by atoms with Crippen LogP contribution in [0.25, 0.3) is 67.4 Å². The van der Waals surface area contributed by atoms with Crippen molar-refractivity contribution in [2.24, 2.45) is 15.7 Å². The molecule has 0 aliphatic heterocycles. The molecule has 0 aliphatic rings. The molecule has 0 fully saturated rings. The van der Waals surface area contributed by atoms with Crippen LogP contribution in [0.4, 0.5) is 0 Å². The summed E-state index contributed by atoms with van der Waals surface area (Å²) < 4.78 is 6.90. The quantitative estimate of drug-likeness (QED) is 0.142. The van der Waals surface area contributed by atoms with Gasteiger partial charge in [0.2, 0.25) is 0 Å². The zero-order valence-electron chi connectivity index (χ0n) is 26.1. The van der Waals surface area contributed by atoms with E-state index in [1.807, 2.05) is 19.1 Å². The number of allylic oxidation sites excluding steroid dienone is 2. The summed E-state index contributed by atoms with van der Waals surface area (Å²) in [4.78, 5) is 45.3. The van der Waals surface area contributed by atoms with Gasteiger partial charge in [0.1, 0.15) is 17.0 Å². The molecular weight excluding hydrogens is 616 g/mol. The van der Waals surface area contributed by atoms with Crippen molar-refractivity contribution < 1.29 is 4.42 Å². The Bertz CT molecular complexity index is 2420. The molecule has 5 heterocycles. The minimum absolute atomic E-state index is 0.0621. The van der Waals surface area contributed by atoms with Crippen LogP contribution < -0.4 is 5.73 Å². The molecule has 236 valence electrons. The maximum absolute atomic E-state index is 9.07. The van der Waals surface area contributed by atoms with Crippen LogP contribution in [0.3, 0.4) is 0 Å². The van der Waals surface area contributed by atoms with E-state index < -0.39 is 0 Å². The van der Waals surface area contributed by atoms with Crippen molar-refractivity contribution in [1.82, 2.24) is 39.9 Å². The lowest BCUT2D eigenvalue weighted by Crippen LogP contribution is -2.15. The molecule has 49 heavy (non-hydrogen) atoms. The number of nitrogens with one attached hydrogen (secondary N) is 1. The number of aromatic nitrogens is 8. The first-order valence-corrected chi connectivity index (χ1v) is 15.0. The molecule has 0 saturated heterocycles.